The van der Waals surface area contributed by atoms with E-state index in [0.717, 1.165) is 24.0 Å². The molecule has 1 N–H and O–H groups in total. The van der Waals surface area contributed by atoms with Crippen LogP contribution in [0.1, 0.15) is 44.7 Å². The van der Waals surface area contributed by atoms with Crippen molar-refractivity contribution in [2.24, 2.45) is 0 Å². The van der Waals surface area contributed by atoms with Crippen LogP contribution in [0.5, 0.6) is 0 Å². The molecule has 1 aliphatic heterocycles. The van der Waals surface area contributed by atoms with E-state index in [1.165, 1.54) is 15.6 Å². The van der Waals surface area contributed by atoms with E-state index in [4.69, 9.17) is 0 Å². The number of anilines is 1. The van der Waals surface area contributed by atoms with Crippen molar-refractivity contribution in [3.8, 4) is 0 Å². The van der Waals surface area contributed by atoms with Crippen molar-refractivity contribution >= 4 is 33.0 Å². The number of hydrogen-bond donors (Lipinski definition) is 1. The van der Waals surface area contributed by atoms with Gasteiger partial charge in [-0.2, -0.15) is 4.31 Å². The van der Waals surface area contributed by atoms with Gasteiger partial charge in [0.15, 0.2) is 0 Å². The van der Waals surface area contributed by atoms with E-state index in [-0.39, 0.29) is 16.8 Å². The molecule has 0 spiro atoms. The number of piperidine rings is 1. The molecule has 162 valence electrons. The molecular formula is C22H24N4O3S2. The lowest BCUT2D eigenvalue weighted by atomic mass is 10.0. The number of rotatable bonds is 5. The Balaban J connectivity index is 1.49. The molecule has 0 bridgehead atoms. The van der Waals surface area contributed by atoms with Crippen molar-refractivity contribution in [2.45, 2.75) is 37.5 Å². The van der Waals surface area contributed by atoms with Gasteiger partial charge in [-0.25, -0.2) is 8.42 Å². The summed E-state index contributed by atoms with van der Waals surface area (Å²) in [6.07, 6.45) is 1.55. The molecule has 7 nitrogen and oxygen atoms in total. The molecule has 0 aliphatic carbocycles. The van der Waals surface area contributed by atoms with E-state index in [1.807, 2.05) is 38.1 Å². The van der Waals surface area contributed by atoms with E-state index < -0.39 is 10.0 Å². The molecule has 4 rings (SSSR count). The first kappa shape index (κ1) is 21.6. The Morgan fingerprint density at radius 1 is 1.10 bits per heavy atom. The fraction of sp³-hybridized carbons (Fsp3) is 0.318. The summed E-state index contributed by atoms with van der Waals surface area (Å²) in [4.78, 5) is 12.8. The third-order valence-electron chi connectivity index (χ3n) is 5.52. The molecule has 0 radical (unpaired) electrons. The van der Waals surface area contributed by atoms with Gasteiger partial charge in [-0.3, -0.25) is 4.79 Å². The summed E-state index contributed by atoms with van der Waals surface area (Å²) < 4.78 is 27.9. The lowest BCUT2D eigenvalue weighted by Gasteiger charge is -2.30. The molecule has 2 heterocycles. The highest BCUT2D eigenvalue weighted by molar-refractivity contribution is 7.89. The molecule has 9 heteroatoms. The van der Waals surface area contributed by atoms with Crippen LogP contribution >= 0.6 is 11.3 Å². The van der Waals surface area contributed by atoms with Crippen LogP contribution in [0.15, 0.2) is 53.4 Å². The third kappa shape index (κ3) is 4.68. The molecule has 1 fully saturated rings. The zero-order chi connectivity index (χ0) is 22.0. The Morgan fingerprint density at radius 3 is 2.61 bits per heavy atom. The Bertz CT molecular complexity index is 1190. The predicted octanol–water partition coefficient (Wildman–Crippen LogP) is 3.98. The molecule has 3 aromatic rings. The molecule has 1 amide bonds. The van der Waals surface area contributed by atoms with Crippen LogP contribution in [0.25, 0.3) is 0 Å². The minimum absolute atomic E-state index is 0.0779. The lowest BCUT2D eigenvalue weighted by Crippen LogP contribution is -2.39. The lowest BCUT2D eigenvalue weighted by molar-refractivity contribution is 0.102. The standard InChI is InChI=1S/C22H24N4O3S2/c1-15-10-11-19(13-16(15)2)31(28,29)26-12-6-7-17(14-26)21-24-25-22(30-21)20(27)23-18-8-4-3-5-9-18/h3-5,8-11,13,17H,6-7,12,14H2,1-2H3,(H,23,27)/t17-/m0/s1. The summed E-state index contributed by atoms with van der Waals surface area (Å²) in [5.41, 5.74) is 2.70. The predicted molar refractivity (Wildman–Crippen MR) is 121 cm³/mol. The van der Waals surface area contributed by atoms with Crippen molar-refractivity contribution in [1.29, 1.82) is 0 Å². The highest BCUT2D eigenvalue weighted by Crippen LogP contribution is 2.32. The minimum Gasteiger partial charge on any atom is -0.320 e. The van der Waals surface area contributed by atoms with Gasteiger partial charge in [-0.1, -0.05) is 35.6 Å². The Morgan fingerprint density at radius 2 is 1.87 bits per heavy atom. The first-order valence-electron chi connectivity index (χ1n) is 10.1. The zero-order valence-corrected chi connectivity index (χ0v) is 19.0. The molecule has 2 aromatic carbocycles. The topological polar surface area (TPSA) is 92.3 Å². The van der Waals surface area contributed by atoms with Crippen LogP contribution < -0.4 is 5.32 Å². The number of para-hydroxylation sites is 1. The average molecular weight is 457 g/mol. The quantitative estimate of drug-likeness (QED) is 0.627. The maximum atomic E-state index is 13.2. The maximum absolute atomic E-state index is 13.2. The van der Waals surface area contributed by atoms with Gasteiger partial charge >= 0.3 is 0 Å². The van der Waals surface area contributed by atoms with Gasteiger partial charge in [-0.15, -0.1) is 10.2 Å². The number of amides is 1. The number of nitrogens with zero attached hydrogens (tertiary/aromatic N) is 3. The van der Waals surface area contributed by atoms with Crippen LogP contribution in [-0.2, 0) is 10.0 Å². The monoisotopic (exact) mass is 456 g/mol. The van der Waals surface area contributed by atoms with Crippen LogP contribution in [0.2, 0.25) is 0 Å². The molecule has 1 saturated heterocycles. The number of hydrogen-bond acceptors (Lipinski definition) is 6. The second-order valence-corrected chi connectivity index (χ2v) is 10.7. The summed E-state index contributed by atoms with van der Waals surface area (Å²) in [5.74, 6) is -0.392. The SMILES string of the molecule is Cc1ccc(S(=O)(=O)N2CCC[C@H](c3nnc(C(=O)Nc4ccccc4)s3)C2)cc1C. The Kier molecular flexibility index (Phi) is 6.17. The second-order valence-electron chi connectivity index (χ2n) is 7.71. The smallest absolute Gasteiger partial charge is 0.286 e. The van der Waals surface area contributed by atoms with Crippen LogP contribution in [-0.4, -0.2) is 41.9 Å². The van der Waals surface area contributed by atoms with Crippen LogP contribution in [0.4, 0.5) is 5.69 Å². The molecule has 1 aliphatic rings. The van der Waals surface area contributed by atoms with E-state index in [2.05, 4.69) is 15.5 Å². The normalized spacial score (nSPS) is 17.4. The second kappa shape index (κ2) is 8.86. The zero-order valence-electron chi connectivity index (χ0n) is 17.4. The Hall–Kier alpha value is -2.62. The first-order chi connectivity index (χ1) is 14.8. The fourth-order valence-corrected chi connectivity index (χ4v) is 6.06. The van der Waals surface area contributed by atoms with E-state index in [0.29, 0.717) is 28.7 Å². The van der Waals surface area contributed by atoms with Gasteiger partial charge in [0.1, 0.15) is 5.01 Å². The molecule has 1 aromatic heterocycles. The molecule has 0 saturated carbocycles. The van der Waals surface area contributed by atoms with Crippen molar-refractivity contribution in [1.82, 2.24) is 14.5 Å². The molecule has 31 heavy (non-hydrogen) atoms. The number of aryl methyl sites for hydroxylation is 2. The minimum atomic E-state index is -3.58. The number of benzene rings is 2. The summed E-state index contributed by atoms with van der Waals surface area (Å²) in [7, 11) is -3.58. The number of aromatic nitrogens is 2. The summed E-state index contributed by atoms with van der Waals surface area (Å²) in [6.45, 7) is 4.69. The number of sulfonamides is 1. The largest absolute Gasteiger partial charge is 0.320 e. The van der Waals surface area contributed by atoms with E-state index >= 15 is 0 Å². The van der Waals surface area contributed by atoms with Crippen LogP contribution in [0, 0.1) is 13.8 Å². The highest BCUT2D eigenvalue weighted by atomic mass is 32.2. The number of nitrogens with one attached hydrogen (secondary N) is 1. The summed E-state index contributed by atoms with van der Waals surface area (Å²) in [6, 6.07) is 14.4. The van der Waals surface area contributed by atoms with Gasteiger partial charge in [0.25, 0.3) is 5.91 Å². The Labute approximate surface area is 186 Å². The van der Waals surface area contributed by atoms with E-state index in [9.17, 15) is 13.2 Å². The van der Waals surface area contributed by atoms with Gasteiger partial charge in [0.2, 0.25) is 15.0 Å². The summed E-state index contributed by atoms with van der Waals surface area (Å²) >= 11 is 1.22. The maximum Gasteiger partial charge on any atom is 0.286 e. The van der Waals surface area contributed by atoms with Crippen molar-refractivity contribution < 1.29 is 13.2 Å². The molecular weight excluding hydrogens is 432 g/mol. The van der Waals surface area contributed by atoms with Crippen LogP contribution in [0.3, 0.4) is 0 Å². The van der Waals surface area contributed by atoms with Crippen molar-refractivity contribution in [3.05, 3.63) is 69.7 Å². The third-order valence-corrected chi connectivity index (χ3v) is 8.46. The van der Waals surface area contributed by atoms with Crippen molar-refractivity contribution in [2.75, 3.05) is 18.4 Å². The van der Waals surface area contributed by atoms with Gasteiger partial charge < -0.3 is 5.32 Å². The van der Waals surface area contributed by atoms with Gasteiger partial charge in [0, 0.05) is 24.7 Å². The number of carbonyl (C=O) groups is 1. The molecule has 1 atom stereocenters. The molecule has 0 unspecified atom stereocenters. The summed E-state index contributed by atoms with van der Waals surface area (Å²) in [5, 5.41) is 12.0. The highest BCUT2D eigenvalue weighted by Gasteiger charge is 2.33. The number of carbonyl (C=O) groups excluding carboxylic acids is 1. The fourth-order valence-electron chi connectivity index (χ4n) is 3.58. The van der Waals surface area contributed by atoms with Crippen molar-refractivity contribution in [3.63, 3.8) is 0 Å². The van der Waals surface area contributed by atoms with Gasteiger partial charge in [0.05, 0.1) is 4.90 Å². The van der Waals surface area contributed by atoms with E-state index in [1.54, 1.807) is 24.3 Å². The first-order valence-corrected chi connectivity index (χ1v) is 12.4. The van der Waals surface area contributed by atoms with Gasteiger partial charge in [-0.05, 0) is 62.1 Å². The average Bonchev–Trinajstić information content (AvgIpc) is 3.27.